The van der Waals surface area contributed by atoms with Gasteiger partial charge in [0, 0.05) is 13.1 Å². The Morgan fingerprint density at radius 2 is 1.87 bits per heavy atom. The molecule has 1 amide bonds. The van der Waals surface area contributed by atoms with Crippen LogP contribution in [0.25, 0.3) is 0 Å². The van der Waals surface area contributed by atoms with E-state index in [1.54, 1.807) is 11.6 Å². The van der Waals surface area contributed by atoms with E-state index in [-0.39, 0.29) is 17.5 Å². The number of nitrogens with one attached hydrogen (secondary N) is 1. The van der Waals surface area contributed by atoms with Crippen LogP contribution in [0, 0.1) is 25.5 Å². The molecule has 9 heteroatoms. The van der Waals surface area contributed by atoms with Crippen molar-refractivity contribution in [3.63, 3.8) is 0 Å². The highest BCUT2D eigenvalue weighted by atomic mass is 32.2. The van der Waals surface area contributed by atoms with Gasteiger partial charge in [0.05, 0.1) is 11.4 Å². The third-order valence-corrected chi connectivity index (χ3v) is 5.30. The highest BCUT2D eigenvalue weighted by Crippen LogP contribution is 2.25. The number of benzene rings is 2. The number of anilines is 1. The molecule has 0 spiro atoms. The van der Waals surface area contributed by atoms with Gasteiger partial charge in [-0.3, -0.25) is 4.79 Å². The van der Waals surface area contributed by atoms with Crippen LogP contribution in [0.2, 0.25) is 0 Å². The Bertz CT molecular complexity index is 1050. The maximum absolute atomic E-state index is 13.7. The Balaban J connectivity index is 1.61. The number of thioether (sulfide) groups is 1. The van der Waals surface area contributed by atoms with Gasteiger partial charge in [0.1, 0.15) is 17.4 Å². The third-order valence-electron chi connectivity index (χ3n) is 4.28. The third kappa shape index (κ3) is 5.35. The largest absolute Gasteiger partial charge is 0.483 e. The molecule has 0 radical (unpaired) electrons. The molecule has 1 unspecified atom stereocenters. The summed E-state index contributed by atoms with van der Waals surface area (Å²) in [6, 6.07) is 8.95. The van der Waals surface area contributed by atoms with Crippen LogP contribution in [0.1, 0.15) is 30.0 Å². The van der Waals surface area contributed by atoms with E-state index < -0.39 is 17.5 Å². The molecule has 0 fully saturated rings. The van der Waals surface area contributed by atoms with E-state index in [2.05, 4.69) is 21.6 Å². The Labute approximate surface area is 177 Å². The summed E-state index contributed by atoms with van der Waals surface area (Å²) in [6.45, 7) is 5.88. The number of aromatic nitrogens is 3. The SMILES string of the molecule is Cc1cc(C)cc(OC(C)c2nnc(SCC(=O)Nc3ccc(F)cc3F)n2C)c1. The van der Waals surface area contributed by atoms with Gasteiger partial charge >= 0.3 is 0 Å². The second kappa shape index (κ2) is 9.25. The summed E-state index contributed by atoms with van der Waals surface area (Å²) in [5, 5.41) is 11.2. The van der Waals surface area contributed by atoms with Gasteiger partial charge in [-0.05, 0) is 56.2 Å². The van der Waals surface area contributed by atoms with Gasteiger partial charge in [-0.2, -0.15) is 0 Å². The number of nitrogens with zero attached hydrogens (tertiary/aromatic N) is 3. The molecule has 0 aliphatic carbocycles. The zero-order chi connectivity index (χ0) is 21.8. The van der Waals surface area contributed by atoms with Gasteiger partial charge in [-0.1, -0.05) is 17.8 Å². The minimum atomic E-state index is -0.827. The molecule has 0 aliphatic heterocycles. The van der Waals surface area contributed by atoms with Crippen molar-refractivity contribution in [1.82, 2.24) is 14.8 Å². The van der Waals surface area contributed by atoms with E-state index in [1.807, 2.05) is 32.9 Å². The first-order chi connectivity index (χ1) is 14.2. The zero-order valence-electron chi connectivity index (χ0n) is 17.1. The van der Waals surface area contributed by atoms with Crippen molar-refractivity contribution >= 4 is 23.4 Å². The van der Waals surface area contributed by atoms with Crippen LogP contribution in [0.3, 0.4) is 0 Å². The highest BCUT2D eigenvalue weighted by Gasteiger charge is 2.18. The van der Waals surface area contributed by atoms with Crippen molar-refractivity contribution in [1.29, 1.82) is 0 Å². The van der Waals surface area contributed by atoms with Crippen molar-refractivity contribution in [2.24, 2.45) is 7.05 Å². The number of rotatable bonds is 7. The second-order valence-electron chi connectivity index (χ2n) is 6.94. The zero-order valence-corrected chi connectivity index (χ0v) is 17.9. The van der Waals surface area contributed by atoms with E-state index in [0.717, 1.165) is 40.8 Å². The molecule has 6 nitrogen and oxygen atoms in total. The predicted octanol–water partition coefficient (Wildman–Crippen LogP) is 4.58. The van der Waals surface area contributed by atoms with Crippen LogP contribution < -0.4 is 10.1 Å². The number of carbonyl (C=O) groups is 1. The van der Waals surface area contributed by atoms with Gasteiger partial charge in [0.15, 0.2) is 17.1 Å². The first-order valence-electron chi connectivity index (χ1n) is 9.25. The molecule has 0 saturated heterocycles. The molecular weight excluding hydrogens is 410 g/mol. The van der Waals surface area contributed by atoms with Gasteiger partial charge < -0.3 is 14.6 Å². The number of hydrogen-bond acceptors (Lipinski definition) is 5. The summed E-state index contributed by atoms with van der Waals surface area (Å²) in [4.78, 5) is 12.1. The van der Waals surface area contributed by atoms with Gasteiger partial charge in [0.25, 0.3) is 0 Å². The van der Waals surface area contributed by atoms with E-state index in [4.69, 9.17) is 4.74 Å². The van der Waals surface area contributed by atoms with Crippen molar-refractivity contribution in [3.8, 4) is 5.75 Å². The van der Waals surface area contributed by atoms with Crippen molar-refractivity contribution in [3.05, 3.63) is 65.0 Å². The smallest absolute Gasteiger partial charge is 0.234 e. The molecule has 0 aliphatic rings. The quantitative estimate of drug-likeness (QED) is 0.554. The van der Waals surface area contributed by atoms with Gasteiger partial charge in [-0.15, -0.1) is 10.2 Å². The van der Waals surface area contributed by atoms with Crippen LogP contribution >= 0.6 is 11.8 Å². The predicted molar refractivity (Wildman–Crippen MR) is 112 cm³/mol. The molecule has 3 rings (SSSR count). The fourth-order valence-corrected chi connectivity index (χ4v) is 3.69. The fraction of sp³-hybridized carbons (Fsp3) is 0.286. The number of hydrogen-bond donors (Lipinski definition) is 1. The summed E-state index contributed by atoms with van der Waals surface area (Å²) in [6.07, 6.45) is -0.347. The molecule has 1 heterocycles. The van der Waals surface area contributed by atoms with Gasteiger partial charge in [-0.25, -0.2) is 8.78 Å². The van der Waals surface area contributed by atoms with Crippen molar-refractivity contribution in [2.75, 3.05) is 11.1 Å². The number of halogens is 2. The molecule has 1 atom stereocenters. The maximum atomic E-state index is 13.7. The normalized spacial score (nSPS) is 11.9. The lowest BCUT2D eigenvalue weighted by Crippen LogP contribution is -2.16. The summed E-state index contributed by atoms with van der Waals surface area (Å²) >= 11 is 1.16. The molecule has 0 saturated carbocycles. The van der Waals surface area contributed by atoms with E-state index in [1.165, 1.54) is 6.07 Å². The Morgan fingerprint density at radius 3 is 2.53 bits per heavy atom. The minimum absolute atomic E-state index is 0.00486. The van der Waals surface area contributed by atoms with E-state index in [9.17, 15) is 13.6 Å². The molecule has 158 valence electrons. The van der Waals surface area contributed by atoms with Gasteiger partial charge in [0.2, 0.25) is 5.91 Å². The minimum Gasteiger partial charge on any atom is -0.483 e. The average molecular weight is 432 g/mol. The molecule has 1 aromatic heterocycles. The van der Waals surface area contributed by atoms with Crippen LogP contribution in [0.5, 0.6) is 5.75 Å². The molecule has 1 N–H and O–H groups in total. The van der Waals surface area contributed by atoms with Crippen LogP contribution in [-0.4, -0.2) is 26.4 Å². The monoisotopic (exact) mass is 432 g/mol. The Hall–Kier alpha value is -2.94. The molecule has 30 heavy (non-hydrogen) atoms. The summed E-state index contributed by atoms with van der Waals surface area (Å²) in [7, 11) is 1.79. The van der Waals surface area contributed by atoms with Crippen LogP contribution in [-0.2, 0) is 11.8 Å². The molecule has 0 bridgehead atoms. The number of carbonyl (C=O) groups excluding carboxylic acids is 1. The van der Waals surface area contributed by atoms with E-state index >= 15 is 0 Å². The number of amides is 1. The highest BCUT2D eigenvalue weighted by molar-refractivity contribution is 7.99. The fourth-order valence-electron chi connectivity index (χ4n) is 2.97. The molecule has 3 aromatic rings. The van der Waals surface area contributed by atoms with Crippen LogP contribution in [0.15, 0.2) is 41.6 Å². The topological polar surface area (TPSA) is 69.0 Å². The lowest BCUT2D eigenvalue weighted by Gasteiger charge is -2.15. The van der Waals surface area contributed by atoms with Crippen molar-refractivity contribution < 1.29 is 18.3 Å². The first kappa shape index (κ1) is 21.8. The van der Waals surface area contributed by atoms with Crippen LogP contribution in [0.4, 0.5) is 14.5 Å². The lowest BCUT2D eigenvalue weighted by atomic mass is 10.1. The summed E-state index contributed by atoms with van der Waals surface area (Å²) in [5.41, 5.74) is 2.14. The Morgan fingerprint density at radius 1 is 1.17 bits per heavy atom. The second-order valence-corrected chi connectivity index (χ2v) is 7.89. The molecule has 2 aromatic carbocycles. The standard InChI is InChI=1S/C21H22F2N4O2S/c1-12-7-13(2)9-16(8-12)29-14(3)20-25-26-21(27(20)4)30-11-19(28)24-18-6-5-15(22)10-17(18)23/h5-10,14H,11H2,1-4H3,(H,24,28). The lowest BCUT2D eigenvalue weighted by molar-refractivity contribution is -0.113. The first-order valence-corrected chi connectivity index (χ1v) is 10.2. The summed E-state index contributed by atoms with van der Waals surface area (Å²) in [5.74, 6) is -0.612. The number of aryl methyl sites for hydroxylation is 2. The van der Waals surface area contributed by atoms with Crippen molar-refractivity contribution in [2.45, 2.75) is 32.0 Å². The number of ether oxygens (including phenoxy) is 1. The maximum Gasteiger partial charge on any atom is 0.234 e. The molecular formula is C21H22F2N4O2S. The average Bonchev–Trinajstić information content (AvgIpc) is 3.02. The Kier molecular flexibility index (Phi) is 6.71. The van der Waals surface area contributed by atoms with E-state index in [0.29, 0.717) is 11.0 Å². The summed E-state index contributed by atoms with van der Waals surface area (Å²) < 4.78 is 34.4.